The molecule has 0 radical (unpaired) electrons. The molecule has 2 aliphatic rings. The summed E-state index contributed by atoms with van der Waals surface area (Å²) >= 11 is 1.66. The number of nitrogens with zero attached hydrogens (tertiary/aromatic N) is 1. The van der Waals surface area contributed by atoms with Gasteiger partial charge in [-0.2, -0.15) is 0 Å². The van der Waals surface area contributed by atoms with Gasteiger partial charge in [-0.25, -0.2) is 0 Å². The largest absolute Gasteiger partial charge is 0.383 e. The third-order valence-electron chi connectivity index (χ3n) is 4.01. The Morgan fingerprint density at radius 2 is 2.05 bits per heavy atom. The second-order valence-corrected chi connectivity index (χ2v) is 6.49. The number of hydrogen-bond donors (Lipinski definition) is 2. The number of halogens is 1. The van der Waals surface area contributed by atoms with Gasteiger partial charge in [-0.3, -0.25) is 9.59 Å². The second kappa shape index (κ2) is 10.3. The number of carbonyl (C=O) groups excluding carboxylic acids is 2. The van der Waals surface area contributed by atoms with Crippen LogP contribution in [0.1, 0.15) is 19.3 Å². The Balaban J connectivity index is 0.00000242. The fraction of sp³-hybridized carbons (Fsp3) is 0.857. The van der Waals surface area contributed by atoms with Crippen molar-refractivity contribution in [3.8, 4) is 0 Å². The third kappa shape index (κ3) is 5.30. The smallest absolute Gasteiger partial charge is 0.243 e. The van der Waals surface area contributed by atoms with Gasteiger partial charge in [0.25, 0.3) is 0 Å². The number of hydrogen-bond acceptors (Lipinski definition) is 5. The molecule has 0 aromatic carbocycles. The minimum absolute atomic E-state index is 0. The van der Waals surface area contributed by atoms with E-state index < -0.39 is 0 Å². The van der Waals surface area contributed by atoms with Crippen LogP contribution in [0.4, 0.5) is 0 Å². The van der Waals surface area contributed by atoms with Gasteiger partial charge < -0.3 is 20.3 Å². The van der Waals surface area contributed by atoms with Gasteiger partial charge in [-0.15, -0.1) is 24.2 Å². The van der Waals surface area contributed by atoms with Crippen LogP contribution in [0.5, 0.6) is 0 Å². The molecule has 1 aliphatic heterocycles. The Morgan fingerprint density at radius 1 is 1.27 bits per heavy atom. The first-order valence-electron chi connectivity index (χ1n) is 7.59. The average molecular weight is 352 g/mol. The van der Waals surface area contributed by atoms with E-state index in [1.165, 1.54) is 0 Å². The molecule has 1 heterocycles. The van der Waals surface area contributed by atoms with Crippen molar-refractivity contribution >= 4 is 36.0 Å². The highest BCUT2D eigenvalue weighted by Gasteiger charge is 2.38. The fourth-order valence-electron chi connectivity index (χ4n) is 2.46. The molecule has 1 atom stereocenters. The molecule has 1 saturated heterocycles. The standard InChI is InChI=1S/C14H25N3O3S.ClH/c1-20-8-7-15-5-6-16-13(18)12-9-21-10-17(12)14(19)11-3-2-4-11;/h11-12,15H,2-10H2,1H3,(H,16,18);1H. The lowest BCUT2D eigenvalue weighted by Gasteiger charge is -2.31. The van der Waals surface area contributed by atoms with Crippen LogP contribution >= 0.6 is 24.2 Å². The van der Waals surface area contributed by atoms with Crippen molar-refractivity contribution in [2.45, 2.75) is 25.3 Å². The summed E-state index contributed by atoms with van der Waals surface area (Å²) < 4.78 is 4.93. The number of ether oxygens (including phenoxy) is 1. The van der Waals surface area contributed by atoms with Crippen molar-refractivity contribution in [1.82, 2.24) is 15.5 Å². The number of thioether (sulfide) groups is 1. The van der Waals surface area contributed by atoms with Crippen LogP contribution in [-0.2, 0) is 14.3 Å². The quantitative estimate of drug-likeness (QED) is 0.622. The predicted octanol–water partition coefficient (Wildman–Crippen LogP) is 0.462. The SMILES string of the molecule is COCCNCCNC(=O)C1CSCN1C(=O)C1CCC1.Cl. The number of nitrogens with one attached hydrogen (secondary N) is 2. The van der Waals surface area contributed by atoms with E-state index in [9.17, 15) is 9.59 Å². The van der Waals surface area contributed by atoms with Gasteiger partial charge >= 0.3 is 0 Å². The van der Waals surface area contributed by atoms with E-state index >= 15 is 0 Å². The van der Waals surface area contributed by atoms with Gasteiger partial charge in [-0.1, -0.05) is 6.42 Å². The van der Waals surface area contributed by atoms with Crippen LogP contribution in [0.25, 0.3) is 0 Å². The summed E-state index contributed by atoms with van der Waals surface area (Å²) in [4.78, 5) is 26.3. The highest BCUT2D eigenvalue weighted by Crippen LogP contribution is 2.32. The molecule has 2 rings (SSSR count). The van der Waals surface area contributed by atoms with Crippen LogP contribution < -0.4 is 10.6 Å². The minimum Gasteiger partial charge on any atom is -0.383 e. The van der Waals surface area contributed by atoms with Crippen LogP contribution in [0.15, 0.2) is 0 Å². The molecule has 0 aromatic rings. The van der Waals surface area contributed by atoms with E-state index in [0.29, 0.717) is 31.3 Å². The zero-order valence-electron chi connectivity index (χ0n) is 13.0. The van der Waals surface area contributed by atoms with Gasteiger partial charge in [0, 0.05) is 38.4 Å². The number of amides is 2. The Hall–Kier alpha value is -0.500. The average Bonchev–Trinajstić information content (AvgIpc) is 2.89. The van der Waals surface area contributed by atoms with E-state index in [4.69, 9.17) is 4.74 Å². The molecule has 8 heteroatoms. The molecule has 1 unspecified atom stereocenters. The molecule has 128 valence electrons. The highest BCUT2D eigenvalue weighted by molar-refractivity contribution is 7.99. The topological polar surface area (TPSA) is 70.7 Å². The number of carbonyl (C=O) groups is 2. The van der Waals surface area contributed by atoms with Crippen molar-refractivity contribution in [3.05, 3.63) is 0 Å². The summed E-state index contributed by atoms with van der Waals surface area (Å²) in [6.45, 7) is 2.73. The normalized spacial score (nSPS) is 21.1. The van der Waals surface area contributed by atoms with Crippen LogP contribution in [0, 0.1) is 5.92 Å². The maximum Gasteiger partial charge on any atom is 0.243 e. The molecule has 2 N–H and O–H groups in total. The molecule has 2 fully saturated rings. The lowest BCUT2D eigenvalue weighted by Crippen LogP contribution is -2.50. The monoisotopic (exact) mass is 351 g/mol. The van der Waals surface area contributed by atoms with E-state index in [1.807, 2.05) is 0 Å². The molecule has 6 nitrogen and oxygen atoms in total. The van der Waals surface area contributed by atoms with Crippen molar-refractivity contribution in [1.29, 1.82) is 0 Å². The zero-order valence-corrected chi connectivity index (χ0v) is 14.6. The molecule has 0 aromatic heterocycles. The summed E-state index contributed by atoms with van der Waals surface area (Å²) in [5, 5.41) is 6.09. The first-order valence-corrected chi connectivity index (χ1v) is 8.75. The first-order chi connectivity index (χ1) is 10.2. The summed E-state index contributed by atoms with van der Waals surface area (Å²) in [5.74, 6) is 1.67. The maximum absolute atomic E-state index is 12.3. The third-order valence-corrected chi connectivity index (χ3v) is 5.02. The fourth-order valence-corrected chi connectivity index (χ4v) is 3.62. The summed E-state index contributed by atoms with van der Waals surface area (Å²) in [6.07, 6.45) is 3.11. The Kier molecular flexibility index (Phi) is 9.16. The molecular formula is C14H26ClN3O3S. The predicted molar refractivity (Wildman–Crippen MR) is 90.3 cm³/mol. The zero-order chi connectivity index (χ0) is 15.1. The van der Waals surface area contributed by atoms with E-state index in [1.54, 1.807) is 23.8 Å². The van der Waals surface area contributed by atoms with E-state index in [-0.39, 0.29) is 36.2 Å². The van der Waals surface area contributed by atoms with E-state index in [0.717, 1.165) is 25.8 Å². The second-order valence-electron chi connectivity index (χ2n) is 5.49. The summed E-state index contributed by atoms with van der Waals surface area (Å²) in [6, 6.07) is -0.290. The van der Waals surface area contributed by atoms with Crippen molar-refractivity contribution in [2.75, 3.05) is 45.0 Å². The van der Waals surface area contributed by atoms with Gasteiger partial charge in [0.05, 0.1) is 12.5 Å². The van der Waals surface area contributed by atoms with Crippen molar-refractivity contribution < 1.29 is 14.3 Å². The van der Waals surface area contributed by atoms with Gasteiger partial charge in [0.1, 0.15) is 6.04 Å². The molecule has 1 aliphatic carbocycles. The lowest BCUT2D eigenvalue weighted by molar-refractivity contribution is -0.143. The summed E-state index contributed by atoms with van der Waals surface area (Å²) in [7, 11) is 1.66. The maximum atomic E-state index is 12.3. The molecular weight excluding hydrogens is 326 g/mol. The van der Waals surface area contributed by atoms with Crippen LogP contribution in [0.3, 0.4) is 0 Å². The van der Waals surface area contributed by atoms with Crippen LogP contribution in [0.2, 0.25) is 0 Å². The van der Waals surface area contributed by atoms with Gasteiger partial charge in [0.2, 0.25) is 11.8 Å². The lowest BCUT2D eigenvalue weighted by atomic mass is 9.84. The number of methoxy groups -OCH3 is 1. The minimum atomic E-state index is -0.290. The molecule has 1 saturated carbocycles. The molecule has 0 spiro atoms. The first kappa shape index (κ1) is 19.5. The van der Waals surface area contributed by atoms with Gasteiger partial charge in [-0.05, 0) is 12.8 Å². The van der Waals surface area contributed by atoms with Crippen molar-refractivity contribution in [2.24, 2.45) is 5.92 Å². The Morgan fingerprint density at radius 3 is 2.68 bits per heavy atom. The Bertz CT molecular complexity index is 369. The van der Waals surface area contributed by atoms with Crippen LogP contribution in [-0.4, -0.2) is 67.7 Å². The molecule has 22 heavy (non-hydrogen) atoms. The highest BCUT2D eigenvalue weighted by atomic mass is 35.5. The van der Waals surface area contributed by atoms with Crippen molar-refractivity contribution in [3.63, 3.8) is 0 Å². The molecule has 2 amide bonds. The van der Waals surface area contributed by atoms with E-state index in [2.05, 4.69) is 10.6 Å². The number of rotatable bonds is 8. The Labute approximate surface area is 142 Å². The molecule has 0 bridgehead atoms. The summed E-state index contributed by atoms with van der Waals surface area (Å²) in [5.41, 5.74) is 0. The van der Waals surface area contributed by atoms with Gasteiger partial charge in [0.15, 0.2) is 0 Å².